The molecule has 100 valence electrons. The number of aromatic nitrogens is 2. The molecule has 1 aromatic rings. The Morgan fingerprint density at radius 3 is 2.72 bits per heavy atom. The molecule has 1 aromatic heterocycles. The molecule has 1 heterocycles. The van der Waals surface area contributed by atoms with Crippen molar-refractivity contribution in [1.29, 1.82) is 0 Å². The molecule has 0 aromatic carbocycles. The van der Waals surface area contributed by atoms with Crippen molar-refractivity contribution in [3.05, 3.63) is 11.9 Å². The number of hydrogen-bond donors (Lipinski definition) is 2. The van der Waals surface area contributed by atoms with Crippen LogP contribution in [0.25, 0.3) is 0 Å². The molecule has 1 fully saturated rings. The Labute approximate surface area is 108 Å². The van der Waals surface area contributed by atoms with Gasteiger partial charge in [0.2, 0.25) is 0 Å². The van der Waals surface area contributed by atoms with Crippen molar-refractivity contribution < 1.29 is 5.11 Å². The minimum absolute atomic E-state index is 0.194. The highest BCUT2D eigenvalue weighted by Crippen LogP contribution is 2.39. The van der Waals surface area contributed by atoms with Crippen LogP contribution in [0.3, 0.4) is 0 Å². The van der Waals surface area contributed by atoms with E-state index in [4.69, 9.17) is 10.8 Å². The predicted molar refractivity (Wildman–Crippen MR) is 72.6 cm³/mol. The fraction of sp³-hybridized carbons (Fsp3) is 0.692. The summed E-state index contributed by atoms with van der Waals surface area (Å²) in [6.07, 6.45) is 3.07. The number of hydrogen-bond acceptors (Lipinski definition) is 5. The molecule has 0 bridgehead atoms. The smallest absolute Gasteiger partial charge is 0.136 e. The van der Waals surface area contributed by atoms with Gasteiger partial charge in [0.1, 0.15) is 17.5 Å². The standard InChI is InChI=1S/C13H22N4O/c1-9(2)17(6-3-7-18)12-8-11(14)15-13(16-12)10-4-5-10/h8-10,18H,3-7H2,1-2H3,(H2,14,15,16). The van der Waals surface area contributed by atoms with Crippen LogP contribution in [0, 0.1) is 0 Å². The van der Waals surface area contributed by atoms with Crippen molar-refractivity contribution >= 4 is 11.6 Å². The van der Waals surface area contributed by atoms with Crippen molar-refractivity contribution in [2.75, 3.05) is 23.8 Å². The maximum absolute atomic E-state index is 8.97. The maximum atomic E-state index is 8.97. The first kappa shape index (κ1) is 13.1. The fourth-order valence-corrected chi connectivity index (χ4v) is 2.02. The zero-order valence-electron chi connectivity index (χ0n) is 11.1. The first-order valence-electron chi connectivity index (χ1n) is 6.63. The summed E-state index contributed by atoms with van der Waals surface area (Å²) in [4.78, 5) is 11.1. The van der Waals surface area contributed by atoms with E-state index < -0.39 is 0 Å². The highest BCUT2D eigenvalue weighted by Gasteiger charge is 2.28. The van der Waals surface area contributed by atoms with E-state index in [1.165, 1.54) is 12.8 Å². The van der Waals surface area contributed by atoms with Crippen LogP contribution in [0.15, 0.2) is 6.07 Å². The van der Waals surface area contributed by atoms with Gasteiger partial charge in [-0.05, 0) is 33.1 Å². The average molecular weight is 250 g/mol. The third-order valence-electron chi connectivity index (χ3n) is 3.17. The SMILES string of the molecule is CC(C)N(CCCO)c1cc(N)nc(C2CC2)n1. The highest BCUT2D eigenvalue weighted by atomic mass is 16.3. The Bertz CT molecular complexity index is 404. The van der Waals surface area contributed by atoms with E-state index in [0.717, 1.165) is 24.6 Å². The van der Waals surface area contributed by atoms with Gasteiger partial charge in [0, 0.05) is 31.2 Å². The van der Waals surface area contributed by atoms with Crippen molar-refractivity contribution in [3.63, 3.8) is 0 Å². The van der Waals surface area contributed by atoms with Crippen molar-refractivity contribution in [2.45, 2.75) is 45.1 Å². The first-order chi connectivity index (χ1) is 8.61. The quantitative estimate of drug-likeness (QED) is 0.801. The van der Waals surface area contributed by atoms with Crippen LogP contribution in [0.2, 0.25) is 0 Å². The molecule has 5 nitrogen and oxygen atoms in total. The second kappa shape index (κ2) is 5.52. The molecule has 1 saturated carbocycles. The van der Waals surface area contributed by atoms with Crippen LogP contribution in [-0.2, 0) is 0 Å². The Hall–Kier alpha value is -1.36. The number of rotatable bonds is 6. The molecule has 0 amide bonds. The molecular weight excluding hydrogens is 228 g/mol. The van der Waals surface area contributed by atoms with E-state index in [0.29, 0.717) is 17.8 Å². The summed E-state index contributed by atoms with van der Waals surface area (Å²) in [5.41, 5.74) is 5.86. The summed E-state index contributed by atoms with van der Waals surface area (Å²) in [6, 6.07) is 2.15. The van der Waals surface area contributed by atoms with Gasteiger partial charge in [0.15, 0.2) is 0 Å². The number of nitrogen functional groups attached to an aromatic ring is 1. The normalized spacial score (nSPS) is 15.1. The van der Waals surface area contributed by atoms with Gasteiger partial charge in [-0.15, -0.1) is 0 Å². The summed E-state index contributed by atoms with van der Waals surface area (Å²) in [7, 11) is 0. The lowest BCUT2D eigenvalue weighted by atomic mass is 10.2. The molecule has 1 aliphatic rings. The van der Waals surface area contributed by atoms with Crippen LogP contribution in [-0.4, -0.2) is 34.3 Å². The maximum Gasteiger partial charge on any atom is 0.136 e. The zero-order valence-corrected chi connectivity index (χ0v) is 11.1. The summed E-state index contributed by atoms with van der Waals surface area (Å²) < 4.78 is 0. The third kappa shape index (κ3) is 3.10. The second-order valence-electron chi connectivity index (χ2n) is 5.15. The summed E-state index contributed by atoms with van der Waals surface area (Å²) in [6.45, 7) is 5.22. The van der Waals surface area contributed by atoms with Crippen LogP contribution in [0.5, 0.6) is 0 Å². The summed E-state index contributed by atoms with van der Waals surface area (Å²) in [5.74, 6) is 2.79. The van der Waals surface area contributed by atoms with Gasteiger partial charge in [0.05, 0.1) is 0 Å². The number of aliphatic hydroxyl groups is 1. The number of nitrogens with two attached hydrogens (primary N) is 1. The molecular formula is C13H22N4O. The Balaban J connectivity index is 2.22. The van der Waals surface area contributed by atoms with Gasteiger partial charge in [-0.2, -0.15) is 0 Å². The van der Waals surface area contributed by atoms with Crippen molar-refractivity contribution in [3.8, 4) is 0 Å². The fourth-order valence-electron chi connectivity index (χ4n) is 2.02. The molecule has 5 heteroatoms. The Morgan fingerprint density at radius 2 is 2.17 bits per heavy atom. The second-order valence-corrected chi connectivity index (χ2v) is 5.15. The molecule has 0 saturated heterocycles. The first-order valence-corrected chi connectivity index (χ1v) is 6.63. The third-order valence-corrected chi connectivity index (χ3v) is 3.17. The molecule has 0 radical (unpaired) electrons. The van der Waals surface area contributed by atoms with Crippen molar-refractivity contribution in [2.24, 2.45) is 0 Å². The highest BCUT2D eigenvalue weighted by molar-refractivity contribution is 5.48. The molecule has 0 atom stereocenters. The van der Waals surface area contributed by atoms with Crippen LogP contribution < -0.4 is 10.6 Å². The van der Waals surface area contributed by atoms with E-state index in [2.05, 4.69) is 28.7 Å². The zero-order chi connectivity index (χ0) is 13.1. The molecule has 2 rings (SSSR count). The lowest BCUT2D eigenvalue weighted by Gasteiger charge is -2.28. The number of anilines is 2. The van der Waals surface area contributed by atoms with Crippen LogP contribution >= 0.6 is 0 Å². The van der Waals surface area contributed by atoms with Gasteiger partial charge in [-0.1, -0.05) is 0 Å². The van der Waals surface area contributed by atoms with Gasteiger partial charge < -0.3 is 15.7 Å². The van der Waals surface area contributed by atoms with E-state index in [1.54, 1.807) is 0 Å². The Kier molecular flexibility index (Phi) is 4.01. The van der Waals surface area contributed by atoms with Gasteiger partial charge in [-0.25, -0.2) is 9.97 Å². The van der Waals surface area contributed by atoms with Crippen molar-refractivity contribution in [1.82, 2.24) is 9.97 Å². The van der Waals surface area contributed by atoms with E-state index in [1.807, 2.05) is 6.07 Å². The lowest BCUT2D eigenvalue weighted by molar-refractivity contribution is 0.288. The molecule has 3 N–H and O–H groups in total. The van der Waals surface area contributed by atoms with Gasteiger partial charge in [-0.3, -0.25) is 0 Å². The minimum Gasteiger partial charge on any atom is -0.396 e. The predicted octanol–water partition coefficient (Wildman–Crippen LogP) is 1.53. The molecule has 0 spiro atoms. The Morgan fingerprint density at radius 1 is 1.44 bits per heavy atom. The molecule has 0 unspecified atom stereocenters. The number of aliphatic hydroxyl groups excluding tert-OH is 1. The van der Waals surface area contributed by atoms with Crippen LogP contribution in [0.4, 0.5) is 11.6 Å². The minimum atomic E-state index is 0.194. The van der Waals surface area contributed by atoms with Gasteiger partial charge in [0.25, 0.3) is 0 Å². The summed E-state index contributed by atoms with van der Waals surface area (Å²) in [5, 5.41) is 8.97. The van der Waals surface area contributed by atoms with Gasteiger partial charge >= 0.3 is 0 Å². The molecule has 0 aliphatic heterocycles. The topological polar surface area (TPSA) is 75.3 Å². The average Bonchev–Trinajstić information content (AvgIpc) is 3.12. The largest absolute Gasteiger partial charge is 0.396 e. The van der Waals surface area contributed by atoms with Crippen LogP contribution in [0.1, 0.15) is 44.9 Å². The molecule has 1 aliphatic carbocycles. The van der Waals surface area contributed by atoms with E-state index in [-0.39, 0.29) is 6.61 Å². The van der Waals surface area contributed by atoms with E-state index in [9.17, 15) is 0 Å². The number of nitrogens with zero attached hydrogens (tertiary/aromatic N) is 3. The molecule has 18 heavy (non-hydrogen) atoms. The monoisotopic (exact) mass is 250 g/mol. The summed E-state index contributed by atoms with van der Waals surface area (Å²) >= 11 is 0. The van der Waals surface area contributed by atoms with E-state index >= 15 is 0 Å². The lowest BCUT2D eigenvalue weighted by Crippen LogP contribution is -2.33.